The van der Waals surface area contributed by atoms with Gasteiger partial charge in [0.2, 0.25) is 0 Å². The highest BCUT2D eigenvalue weighted by Crippen LogP contribution is 2.37. The third kappa shape index (κ3) is 2.47. The van der Waals surface area contributed by atoms with Gasteiger partial charge in [-0.15, -0.1) is 11.3 Å². The number of hydrogen-bond donors (Lipinski definition) is 0. The molecule has 0 unspecified atom stereocenters. The lowest BCUT2D eigenvalue weighted by Gasteiger charge is -2.26. The molecule has 1 saturated heterocycles. The average Bonchev–Trinajstić information content (AvgIpc) is 3.20. The molecule has 1 atom stereocenters. The molecule has 0 bridgehead atoms. The molecule has 0 N–H and O–H groups in total. The fraction of sp³-hybridized carbons (Fsp3) is 0.529. The fourth-order valence-corrected chi connectivity index (χ4v) is 4.61. The number of aromatic nitrogens is 5. The van der Waals surface area contributed by atoms with Crippen LogP contribution in [0.15, 0.2) is 6.33 Å². The molecule has 24 heavy (non-hydrogen) atoms. The molecule has 126 valence electrons. The Hall–Kier alpha value is -2.02. The number of aryl methyl sites for hydroxylation is 4. The Bertz CT molecular complexity index is 896. The third-order valence-electron chi connectivity index (χ3n) is 4.94. The van der Waals surface area contributed by atoms with Crippen LogP contribution in [-0.4, -0.2) is 37.3 Å². The van der Waals surface area contributed by atoms with Crippen molar-refractivity contribution in [3.05, 3.63) is 28.4 Å². The van der Waals surface area contributed by atoms with E-state index in [1.54, 1.807) is 17.7 Å². The molecule has 0 spiro atoms. The molecule has 1 aliphatic heterocycles. The lowest BCUT2D eigenvalue weighted by Crippen LogP contribution is -2.34. The van der Waals surface area contributed by atoms with Crippen molar-refractivity contribution < 1.29 is 0 Å². The van der Waals surface area contributed by atoms with Crippen molar-refractivity contribution in [1.29, 1.82) is 0 Å². The van der Waals surface area contributed by atoms with Crippen molar-refractivity contribution in [2.75, 3.05) is 11.4 Å². The Labute approximate surface area is 145 Å². The van der Waals surface area contributed by atoms with Gasteiger partial charge in [-0.1, -0.05) is 0 Å². The van der Waals surface area contributed by atoms with Crippen LogP contribution in [0.3, 0.4) is 0 Å². The van der Waals surface area contributed by atoms with E-state index in [-0.39, 0.29) is 0 Å². The van der Waals surface area contributed by atoms with Crippen molar-refractivity contribution in [3.8, 4) is 0 Å². The van der Waals surface area contributed by atoms with Crippen molar-refractivity contribution >= 4 is 27.4 Å². The minimum atomic E-state index is 0.405. The van der Waals surface area contributed by atoms with Crippen LogP contribution in [0.4, 0.5) is 5.82 Å². The number of rotatable bonds is 3. The van der Waals surface area contributed by atoms with Crippen molar-refractivity contribution in [3.63, 3.8) is 0 Å². The Kier molecular flexibility index (Phi) is 3.75. The molecule has 7 heteroatoms. The van der Waals surface area contributed by atoms with Gasteiger partial charge in [0.05, 0.1) is 18.0 Å². The summed E-state index contributed by atoms with van der Waals surface area (Å²) < 4.78 is 2.03. The molecule has 3 aromatic heterocycles. The minimum Gasteiger partial charge on any atom is -0.351 e. The molecule has 0 amide bonds. The first-order chi connectivity index (χ1) is 11.5. The van der Waals surface area contributed by atoms with Gasteiger partial charge in [-0.25, -0.2) is 19.6 Å². The van der Waals surface area contributed by atoms with Gasteiger partial charge in [0.1, 0.15) is 28.6 Å². The highest BCUT2D eigenvalue weighted by Gasteiger charge is 2.29. The largest absolute Gasteiger partial charge is 0.351 e. The average molecular weight is 342 g/mol. The quantitative estimate of drug-likeness (QED) is 0.731. The van der Waals surface area contributed by atoms with E-state index < -0.39 is 0 Å². The monoisotopic (exact) mass is 342 g/mol. The predicted octanol–water partition coefficient (Wildman–Crippen LogP) is 3.19. The van der Waals surface area contributed by atoms with E-state index in [1.165, 1.54) is 22.2 Å². The first kappa shape index (κ1) is 15.5. The molecule has 3 aromatic rings. The number of fused-ring (bicyclic) bond motifs is 1. The summed E-state index contributed by atoms with van der Waals surface area (Å²) in [4.78, 5) is 18.4. The minimum absolute atomic E-state index is 0.405. The molecule has 0 radical (unpaired) electrons. The first-order valence-corrected chi connectivity index (χ1v) is 9.21. The van der Waals surface area contributed by atoms with Crippen LogP contribution in [0.25, 0.3) is 10.2 Å². The highest BCUT2D eigenvalue weighted by molar-refractivity contribution is 7.18. The van der Waals surface area contributed by atoms with Gasteiger partial charge < -0.3 is 4.90 Å². The van der Waals surface area contributed by atoms with Crippen molar-refractivity contribution in [2.45, 2.75) is 53.1 Å². The summed E-state index contributed by atoms with van der Waals surface area (Å²) in [6, 6.07) is 0.405. The van der Waals surface area contributed by atoms with E-state index in [9.17, 15) is 0 Å². The molecule has 4 heterocycles. The van der Waals surface area contributed by atoms with E-state index in [0.29, 0.717) is 6.04 Å². The van der Waals surface area contributed by atoms with Crippen LogP contribution < -0.4 is 4.90 Å². The van der Waals surface area contributed by atoms with E-state index >= 15 is 0 Å². The van der Waals surface area contributed by atoms with Crippen LogP contribution in [0.1, 0.15) is 34.9 Å². The SMILES string of the molecule is Cc1nc(C)n(C[C@H]2CCCN2c2ncnc3sc(C)c(C)c23)n1. The normalized spacial score (nSPS) is 18.0. The van der Waals surface area contributed by atoms with E-state index in [1.807, 2.05) is 18.5 Å². The zero-order valence-electron chi connectivity index (χ0n) is 14.6. The number of anilines is 1. The summed E-state index contributed by atoms with van der Waals surface area (Å²) in [6.07, 6.45) is 4.05. The Morgan fingerprint density at radius 1 is 1.21 bits per heavy atom. The second-order valence-electron chi connectivity index (χ2n) is 6.54. The maximum atomic E-state index is 4.66. The molecule has 4 rings (SSSR count). The molecule has 6 nitrogen and oxygen atoms in total. The van der Waals surface area contributed by atoms with E-state index in [4.69, 9.17) is 0 Å². The topological polar surface area (TPSA) is 59.7 Å². The highest BCUT2D eigenvalue weighted by atomic mass is 32.1. The summed E-state index contributed by atoms with van der Waals surface area (Å²) in [7, 11) is 0. The summed E-state index contributed by atoms with van der Waals surface area (Å²) in [6.45, 7) is 10.2. The van der Waals surface area contributed by atoms with Crippen LogP contribution in [0.5, 0.6) is 0 Å². The summed E-state index contributed by atoms with van der Waals surface area (Å²) >= 11 is 1.76. The molecule has 0 aliphatic carbocycles. The fourth-order valence-electron chi connectivity index (χ4n) is 3.62. The van der Waals surface area contributed by atoms with E-state index in [2.05, 4.69) is 38.8 Å². The van der Waals surface area contributed by atoms with Crippen LogP contribution in [0.2, 0.25) is 0 Å². The number of hydrogen-bond acceptors (Lipinski definition) is 6. The lowest BCUT2D eigenvalue weighted by atomic mass is 10.2. The van der Waals surface area contributed by atoms with Crippen molar-refractivity contribution in [1.82, 2.24) is 24.7 Å². The molecular formula is C17H22N6S. The van der Waals surface area contributed by atoms with Gasteiger partial charge in [-0.05, 0) is 46.1 Å². The van der Waals surface area contributed by atoms with Gasteiger partial charge in [0, 0.05) is 11.4 Å². The number of thiophene rings is 1. The van der Waals surface area contributed by atoms with Crippen molar-refractivity contribution in [2.24, 2.45) is 0 Å². The van der Waals surface area contributed by atoms with Gasteiger partial charge in [-0.2, -0.15) is 5.10 Å². The molecule has 1 aliphatic rings. The van der Waals surface area contributed by atoms with E-state index in [0.717, 1.165) is 41.8 Å². The van der Waals surface area contributed by atoms with Gasteiger partial charge in [0.25, 0.3) is 0 Å². The molecule has 0 saturated carbocycles. The molecule has 1 fully saturated rings. The van der Waals surface area contributed by atoms with Crippen LogP contribution >= 0.6 is 11.3 Å². The third-order valence-corrected chi connectivity index (χ3v) is 6.06. The second-order valence-corrected chi connectivity index (χ2v) is 7.74. The summed E-state index contributed by atoms with van der Waals surface area (Å²) in [5.74, 6) is 2.90. The smallest absolute Gasteiger partial charge is 0.147 e. The Morgan fingerprint density at radius 2 is 2.04 bits per heavy atom. The first-order valence-electron chi connectivity index (χ1n) is 8.40. The predicted molar refractivity (Wildman–Crippen MR) is 96.8 cm³/mol. The maximum absolute atomic E-state index is 4.66. The standard InChI is InChI=1S/C17H22N6S/c1-10-11(2)24-17-15(10)16(18-9-19-17)22-7-5-6-14(22)8-23-13(4)20-12(3)21-23/h9,14H,5-8H2,1-4H3/t14-/m1/s1. The molecular weight excluding hydrogens is 320 g/mol. The van der Waals surface area contributed by atoms with Crippen LogP contribution in [0, 0.1) is 27.7 Å². The van der Waals surface area contributed by atoms with Crippen LogP contribution in [-0.2, 0) is 6.54 Å². The zero-order valence-corrected chi connectivity index (χ0v) is 15.4. The second kappa shape index (κ2) is 5.81. The lowest BCUT2D eigenvalue weighted by molar-refractivity contribution is 0.495. The zero-order chi connectivity index (χ0) is 16.8. The molecule has 0 aromatic carbocycles. The van der Waals surface area contributed by atoms with Gasteiger partial charge >= 0.3 is 0 Å². The Morgan fingerprint density at radius 3 is 2.79 bits per heavy atom. The number of nitrogens with zero attached hydrogens (tertiary/aromatic N) is 6. The summed E-state index contributed by atoms with van der Waals surface area (Å²) in [5.41, 5.74) is 1.31. The summed E-state index contributed by atoms with van der Waals surface area (Å²) in [5, 5.41) is 5.75. The Balaban J connectivity index is 1.72. The van der Waals surface area contributed by atoms with Gasteiger partial charge in [0.15, 0.2) is 0 Å². The van der Waals surface area contributed by atoms with Gasteiger partial charge in [-0.3, -0.25) is 0 Å². The maximum Gasteiger partial charge on any atom is 0.147 e.